The van der Waals surface area contributed by atoms with Crippen molar-refractivity contribution in [3.8, 4) is 0 Å². The third-order valence-corrected chi connectivity index (χ3v) is 7.74. The zero-order chi connectivity index (χ0) is 15.4. The van der Waals surface area contributed by atoms with Gasteiger partial charge in [-0.05, 0) is 19.1 Å². The molecule has 0 heterocycles. The van der Waals surface area contributed by atoms with Gasteiger partial charge < -0.3 is 5.09 Å². The summed E-state index contributed by atoms with van der Waals surface area (Å²) in [4.78, 5) is 0. The molecule has 3 rings (SSSR count). The maximum Gasteiger partial charge on any atom is 0.0903 e. The first-order valence-corrected chi connectivity index (χ1v) is 10.0. The molecule has 0 saturated carbocycles. The Labute approximate surface area is 137 Å². The first kappa shape index (κ1) is 15.0. The summed E-state index contributed by atoms with van der Waals surface area (Å²) in [5.41, 5.74) is 2.32. The molecule has 0 atom stereocenters. The largest absolute Gasteiger partial charge is 0.351 e. The van der Waals surface area contributed by atoms with Crippen LogP contribution in [0.5, 0.6) is 0 Å². The quantitative estimate of drug-likeness (QED) is 0.712. The van der Waals surface area contributed by atoms with Gasteiger partial charge in [0.15, 0.2) is 0 Å². The highest BCUT2D eigenvalue weighted by Crippen LogP contribution is 2.43. The Hall–Kier alpha value is -1.89. The molecule has 0 aliphatic carbocycles. The van der Waals surface area contributed by atoms with Gasteiger partial charge in [0.05, 0.1) is 6.19 Å². The number of benzene rings is 3. The number of hydrogen-bond donors (Lipinski definition) is 1. The van der Waals surface area contributed by atoms with E-state index in [1.807, 2.05) is 12.1 Å². The zero-order valence-corrected chi connectivity index (χ0v) is 14.1. The van der Waals surface area contributed by atoms with Gasteiger partial charge in [-0.25, -0.2) is 0 Å². The monoisotopic (exact) mass is 323 g/mol. The first-order valence-electron chi connectivity index (χ1n) is 7.25. The van der Waals surface area contributed by atoms with Crippen molar-refractivity contribution in [2.24, 2.45) is 0 Å². The fraction of sp³-hybridized carbons (Fsp3) is 0.0526. The van der Waals surface area contributed by atoms with Crippen molar-refractivity contribution in [1.82, 2.24) is 0 Å². The number of nitrogens with one attached hydrogen (secondary N) is 1. The Morgan fingerprint density at radius 3 is 1.59 bits per heavy atom. The molecular weight excluding hydrogens is 305 g/mol. The van der Waals surface area contributed by atoms with E-state index in [-0.39, 0.29) is 0 Å². The summed E-state index contributed by atoms with van der Waals surface area (Å²) in [7, 11) is 0. The lowest BCUT2D eigenvalue weighted by Crippen LogP contribution is -2.21. The van der Waals surface area contributed by atoms with Gasteiger partial charge in [-0.2, -0.15) is 0 Å². The molecule has 0 fully saturated rings. The maximum absolute atomic E-state index is 6.15. The predicted molar refractivity (Wildman–Crippen MR) is 101 cm³/mol. The summed E-state index contributed by atoms with van der Waals surface area (Å²) in [5.74, 6) is 0. The molecule has 0 aromatic heterocycles. The highest BCUT2D eigenvalue weighted by atomic mass is 32.4. The van der Waals surface area contributed by atoms with Gasteiger partial charge in [0, 0.05) is 16.3 Å². The summed E-state index contributed by atoms with van der Waals surface area (Å²) < 4.78 is 0. The smallest absolute Gasteiger partial charge is 0.0903 e. The predicted octanol–water partition coefficient (Wildman–Crippen LogP) is 4.45. The van der Waals surface area contributed by atoms with Crippen LogP contribution in [-0.2, 0) is 11.8 Å². The Morgan fingerprint density at radius 1 is 0.682 bits per heavy atom. The highest BCUT2D eigenvalue weighted by molar-refractivity contribution is 8.22. The number of rotatable bonds is 4. The van der Waals surface area contributed by atoms with Crippen LogP contribution in [0, 0.1) is 6.92 Å². The molecule has 0 amide bonds. The minimum Gasteiger partial charge on any atom is -0.351 e. The summed E-state index contributed by atoms with van der Waals surface area (Å²) in [6.45, 7) is 2.09. The van der Waals surface area contributed by atoms with Gasteiger partial charge >= 0.3 is 0 Å². The van der Waals surface area contributed by atoms with Crippen LogP contribution in [-0.4, -0.2) is 0 Å². The fourth-order valence-electron chi connectivity index (χ4n) is 2.36. The first-order chi connectivity index (χ1) is 10.7. The molecule has 0 spiro atoms. The molecule has 0 bridgehead atoms. The summed E-state index contributed by atoms with van der Waals surface area (Å²) in [6.07, 6.45) is -2.08. The second kappa shape index (κ2) is 6.48. The highest BCUT2D eigenvalue weighted by Gasteiger charge is 2.21. The molecule has 0 radical (unpaired) electrons. The van der Waals surface area contributed by atoms with E-state index < -0.39 is 6.19 Å². The summed E-state index contributed by atoms with van der Waals surface area (Å²) in [5, 5.41) is 6.00. The van der Waals surface area contributed by atoms with Crippen molar-refractivity contribution in [3.05, 3.63) is 90.5 Å². The topological polar surface area (TPSA) is 12.0 Å². The second-order valence-corrected chi connectivity index (χ2v) is 9.38. The van der Waals surface area contributed by atoms with Gasteiger partial charge in [-0.1, -0.05) is 90.2 Å². The zero-order valence-electron chi connectivity index (χ0n) is 12.4. The van der Waals surface area contributed by atoms with E-state index in [9.17, 15) is 0 Å². The van der Waals surface area contributed by atoms with Crippen LogP contribution in [0.2, 0.25) is 0 Å². The Bertz CT molecular complexity index is 739. The van der Waals surface area contributed by atoms with Crippen molar-refractivity contribution in [1.29, 1.82) is 0 Å². The van der Waals surface area contributed by atoms with E-state index >= 15 is 0 Å². The molecule has 0 aliphatic rings. The third kappa shape index (κ3) is 3.14. The molecule has 0 unspecified atom stereocenters. The fourth-order valence-corrected chi connectivity index (χ4v) is 5.66. The van der Waals surface area contributed by atoms with Crippen LogP contribution in [0.4, 0.5) is 5.69 Å². The van der Waals surface area contributed by atoms with E-state index in [0.717, 1.165) is 5.69 Å². The molecule has 1 N–H and O–H groups in total. The molecular formula is C19H18NPS. The Morgan fingerprint density at radius 2 is 1.14 bits per heavy atom. The van der Waals surface area contributed by atoms with Gasteiger partial charge in [0.2, 0.25) is 0 Å². The molecule has 3 aromatic rings. The van der Waals surface area contributed by atoms with E-state index in [1.54, 1.807) is 0 Å². The minimum absolute atomic E-state index is 1.07. The van der Waals surface area contributed by atoms with E-state index in [2.05, 4.69) is 84.8 Å². The normalized spacial score (nSPS) is 11.1. The molecule has 110 valence electrons. The third-order valence-electron chi connectivity index (χ3n) is 3.58. The van der Waals surface area contributed by atoms with Crippen molar-refractivity contribution in [3.63, 3.8) is 0 Å². The number of aryl methyl sites for hydroxylation is 1. The van der Waals surface area contributed by atoms with E-state index in [4.69, 9.17) is 11.8 Å². The Balaban J connectivity index is 2.08. The number of anilines is 1. The average molecular weight is 323 g/mol. The standard InChI is InChI=1S/C19H18NPS/c1-16-12-14-17(15-13-16)20-21(22,18-8-4-2-5-9-18)19-10-6-3-7-11-19/h2-15H,1H3,(H,20,22). The molecule has 0 aliphatic heterocycles. The summed E-state index contributed by atoms with van der Waals surface area (Å²) >= 11 is 6.15. The molecule has 22 heavy (non-hydrogen) atoms. The van der Waals surface area contributed by atoms with Gasteiger partial charge in [-0.3, -0.25) is 0 Å². The number of hydrogen-bond acceptors (Lipinski definition) is 1. The lowest BCUT2D eigenvalue weighted by atomic mass is 10.2. The van der Waals surface area contributed by atoms with Crippen LogP contribution >= 0.6 is 6.19 Å². The average Bonchev–Trinajstić information content (AvgIpc) is 2.58. The van der Waals surface area contributed by atoms with Gasteiger partial charge in [-0.15, -0.1) is 0 Å². The lowest BCUT2D eigenvalue weighted by Gasteiger charge is -2.25. The SMILES string of the molecule is Cc1ccc(NP(=S)(c2ccccc2)c2ccccc2)cc1. The molecule has 1 nitrogen and oxygen atoms in total. The van der Waals surface area contributed by atoms with Crippen molar-refractivity contribution >= 4 is 34.3 Å². The van der Waals surface area contributed by atoms with E-state index in [0.29, 0.717) is 0 Å². The van der Waals surface area contributed by atoms with Crippen molar-refractivity contribution in [2.75, 3.05) is 5.09 Å². The molecule has 3 heteroatoms. The van der Waals surface area contributed by atoms with Crippen LogP contribution in [0.15, 0.2) is 84.9 Å². The van der Waals surface area contributed by atoms with E-state index in [1.165, 1.54) is 16.2 Å². The molecule has 0 saturated heterocycles. The molecule has 3 aromatic carbocycles. The van der Waals surface area contributed by atoms with Gasteiger partial charge in [0.1, 0.15) is 0 Å². The lowest BCUT2D eigenvalue weighted by molar-refractivity contribution is 1.47. The summed E-state index contributed by atoms with van der Waals surface area (Å²) in [6, 6.07) is 29.2. The maximum atomic E-state index is 6.15. The van der Waals surface area contributed by atoms with Gasteiger partial charge in [0.25, 0.3) is 0 Å². The van der Waals surface area contributed by atoms with Crippen molar-refractivity contribution < 1.29 is 0 Å². The van der Waals surface area contributed by atoms with Crippen LogP contribution in [0.1, 0.15) is 5.56 Å². The Kier molecular flexibility index (Phi) is 4.42. The van der Waals surface area contributed by atoms with Crippen LogP contribution in [0.3, 0.4) is 0 Å². The van der Waals surface area contributed by atoms with Crippen LogP contribution in [0.25, 0.3) is 0 Å². The van der Waals surface area contributed by atoms with Crippen LogP contribution < -0.4 is 15.7 Å². The minimum atomic E-state index is -2.08. The van der Waals surface area contributed by atoms with Crippen molar-refractivity contribution in [2.45, 2.75) is 6.92 Å². The second-order valence-electron chi connectivity index (χ2n) is 5.26.